The smallest absolute Gasteiger partial charge is 0.123 e. The molecule has 24 heavy (non-hydrogen) atoms. The Morgan fingerprint density at radius 3 is 2.54 bits per heavy atom. The van der Waals surface area contributed by atoms with E-state index in [0.717, 1.165) is 37.1 Å². The van der Waals surface area contributed by atoms with E-state index < -0.39 is 0 Å². The van der Waals surface area contributed by atoms with Crippen LogP contribution in [0.5, 0.6) is 11.5 Å². The first-order valence-electron chi connectivity index (χ1n) is 9.44. The van der Waals surface area contributed by atoms with Crippen LogP contribution in [0.1, 0.15) is 58.1 Å². The molecule has 4 atom stereocenters. The molecule has 132 valence electrons. The van der Waals surface area contributed by atoms with Crippen LogP contribution in [0.25, 0.3) is 0 Å². The molecule has 3 aliphatic rings. The van der Waals surface area contributed by atoms with Crippen LogP contribution in [-0.2, 0) is 11.8 Å². The van der Waals surface area contributed by atoms with E-state index in [1.807, 2.05) is 6.07 Å². The number of fused-ring (bicyclic) bond motifs is 5. The van der Waals surface area contributed by atoms with Gasteiger partial charge in [0.05, 0.1) is 0 Å². The monoisotopic (exact) mass is 329 g/mol. The third-order valence-electron chi connectivity index (χ3n) is 7.86. The molecule has 1 aromatic rings. The van der Waals surface area contributed by atoms with E-state index in [-0.39, 0.29) is 16.6 Å². The molecule has 4 rings (SSSR count). The van der Waals surface area contributed by atoms with E-state index in [0.29, 0.717) is 23.0 Å². The molecule has 0 spiro atoms. The number of benzene rings is 1. The predicted molar refractivity (Wildman–Crippen MR) is 96.4 cm³/mol. The topological polar surface area (TPSA) is 52.5 Å². The number of phenols is 2. The summed E-state index contributed by atoms with van der Waals surface area (Å²) >= 11 is 0. The van der Waals surface area contributed by atoms with Gasteiger partial charge >= 0.3 is 0 Å². The van der Waals surface area contributed by atoms with Gasteiger partial charge in [-0.15, -0.1) is 0 Å². The van der Waals surface area contributed by atoms with Gasteiger partial charge in [0.25, 0.3) is 0 Å². The van der Waals surface area contributed by atoms with Crippen LogP contribution in [0.15, 0.2) is 12.1 Å². The van der Waals surface area contributed by atoms with Gasteiger partial charge < -0.3 is 15.5 Å². The summed E-state index contributed by atoms with van der Waals surface area (Å²) in [5.74, 6) is 1.72. The second-order valence-corrected chi connectivity index (χ2v) is 9.69. The van der Waals surface area contributed by atoms with Gasteiger partial charge in [-0.25, -0.2) is 0 Å². The van der Waals surface area contributed by atoms with Gasteiger partial charge in [-0.3, -0.25) is 0 Å². The van der Waals surface area contributed by atoms with Crippen molar-refractivity contribution in [2.24, 2.45) is 22.7 Å². The first-order valence-corrected chi connectivity index (χ1v) is 9.44. The number of hydrogen-bond donors (Lipinski definition) is 3. The summed E-state index contributed by atoms with van der Waals surface area (Å²) in [5.41, 5.74) is 2.86. The molecule has 1 saturated heterocycles. The van der Waals surface area contributed by atoms with Crippen LogP contribution in [0.2, 0.25) is 0 Å². The minimum atomic E-state index is 0.0266. The molecule has 1 heterocycles. The summed E-state index contributed by atoms with van der Waals surface area (Å²) in [6, 6.07) is 3.41. The zero-order valence-electron chi connectivity index (χ0n) is 15.4. The lowest BCUT2D eigenvalue weighted by molar-refractivity contribution is -0.0569. The highest BCUT2D eigenvalue weighted by molar-refractivity contribution is 5.54. The zero-order valence-corrected chi connectivity index (χ0v) is 15.4. The van der Waals surface area contributed by atoms with E-state index in [1.54, 1.807) is 0 Å². The van der Waals surface area contributed by atoms with E-state index in [9.17, 15) is 10.2 Å². The Morgan fingerprint density at radius 2 is 1.79 bits per heavy atom. The minimum absolute atomic E-state index is 0.0266. The van der Waals surface area contributed by atoms with Crippen LogP contribution >= 0.6 is 0 Å². The molecular weight excluding hydrogens is 298 g/mol. The highest BCUT2D eigenvalue weighted by atomic mass is 16.3. The fourth-order valence-corrected chi connectivity index (χ4v) is 6.91. The number of rotatable bonds is 0. The molecule has 1 aromatic carbocycles. The zero-order chi connectivity index (χ0) is 17.3. The average molecular weight is 329 g/mol. The SMILES string of the molecule is CC1(C)CNCC[C@]2(C)[C@H]3Cc4cc(O)cc(O)c4[C@]3(C)CC[C@@H]12. The Kier molecular flexibility index (Phi) is 3.32. The first-order chi connectivity index (χ1) is 11.2. The summed E-state index contributed by atoms with van der Waals surface area (Å²) in [6.07, 6.45) is 4.53. The van der Waals surface area contributed by atoms with Crippen molar-refractivity contribution < 1.29 is 10.2 Å². The highest BCUT2D eigenvalue weighted by Crippen LogP contribution is 2.66. The van der Waals surface area contributed by atoms with Gasteiger partial charge in [-0.2, -0.15) is 0 Å². The van der Waals surface area contributed by atoms with Gasteiger partial charge in [0, 0.05) is 23.6 Å². The van der Waals surface area contributed by atoms with E-state index in [4.69, 9.17) is 0 Å². The summed E-state index contributed by atoms with van der Waals surface area (Å²) in [5, 5.41) is 24.2. The molecule has 1 saturated carbocycles. The Hall–Kier alpha value is -1.22. The minimum Gasteiger partial charge on any atom is -0.508 e. The van der Waals surface area contributed by atoms with Crippen molar-refractivity contribution in [1.29, 1.82) is 0 Å². The lowest BCUT2D eigenvalue weighted by Gasteiger charge is -2.57. The molecule has 2 fully saturated rings. The number of nitrogens with one attached hydrogen (secondary N) is 1. The van der Waals surface area contributed by atoms with Crippen molar-refractivity contribution in [3.63, 3.8) is 0 Å². The standard InChI is InChI=1S/C21H31NO2/c1-19(2)12-22-8-7-20(3)16(19)5-6-21(4)17(20)10-13-9-14(23)11-15(24)18(13)21/h9,11,16-17,22-24H,5-8,10,12H2,1-4H3/t16-,17+,20-,21+/m0/s1. The van der Waals surface area contributed by atoms with Crippen LogP contribution in [-0.4, -0.2) is 23.3 Å². The van der Waals surface area contributed by atoms with Crippen molar-refractivity contribution in [1.82, 2.24) is 5.32 Å². The molecule has 0 radical (unpaired) electrons. The third kappa shape index (κ3) is 2.00. The third-order valence-corrected chi connectivity index (χ3v) is 7.86. The first kappa shape index (κ1) is 16.3. The molecule has 0 bridgehead atoms. The normalized spacial score (nSPS) is 40.3. The molecular formula is C21H31NO2. The van der Waals surface area contributed by atoms with Crippen molar-refractivity contribution in [3.05, 3.63) is 23.3 Å². The van der Waals surface area contributed by atoms with Gasteiger partial charge in [-0.05, 0) is 66.5 Å². The number of hydrogen-bond acceptors (Lipinski definition) is 3. The Labute approximate surface area is 145 Å². The summed E-state index contributed by atoms with van der Waals surface area (Å²) in [4.78, 5) is 0. The van der Waals surface area contributed by atoms with E-state index in [2.05, 4.69) is 33.0 Å². The molecule has 2 aliphatic carbocycles. The lowest BCUT2D eigenvalue weighted by Crippen LogP contribution is -2.53. The second kappa shape index (κ2) is 4.91. The Bertz CT molecular complexity index is 683. The van der Waals surface area contributed by atoms with Crippen molar-refractivity contribution in [3.8, 4) is 11.5 Å². The molecule has 3 nitrogen and oxygen atoms in total. The fraction of sp³-hybridized carbons (Fsp3) is 0.714. The van der Waals surface area contributed by atoms with E-state index >= 15 is 0 Å². The van der Waals surface area contributed by atoms with Crippen molar-refractivity contribution in [2.45, 2.75) is 58.8 Å². The molecule has 1 aliphatic heterocycles. The second-order valence-electron chi connectivity index (χ2n) is 9.69. The summed E-state index contributed by atoms with van der Waals surface area (Å²) in [6.45, 7) is 11.9. The quantitative estimate of drug-likeness (QED) is 0.675. The van der Waals surface area contributed by atoms with Crippen LogP contribution in [0.4, 0.5) is 0 Å². The van der Waals surface area contributed by atoms with Crippen molar-refractivity contribution in [2.75, 3.05) is 13.1 Å². The van der Waals surface area contributed by atoms with Crippen LogP contribution in [0.3, 0.4) is 0 Å². The maximum atomic E-state index is 10.6. The van der Waals surface area contributed by atoms with Gasteiger partial charge in [0.1, 0.15) is 11.5 Å². The molecule has 0 aromatic heterocycles. The average Bonchev–Trinajstić information content (AvgIpc) is 2.71. The molecule has 0 unspecified atom stereocenters. The lowest BCUT2D eigenvalue weighted by atomic mass is 9.47. The number of phenolic OH excluding ortho intramolecular Hbond substituents is 2. The highest BCUT2D eigenvalue weighted by Gasteiger charge is 2.60. The van der Waals surface area contributed by atoms with Crippen molar-refractivity contribution >= 4 is 0 Å². The Balaban J connectivity index is 1.84. The van der Waals surface area contributed by atoms with Crippen LogP contribution < -0.4 is 5.32 Å². The molecule has 3 N–H and O–H groups in total. The summed E-state index contributed by atoms with van der Waals surface area (Å²) < 4.78 is 0. The summed E-state index contributed by atoms with van der Waals surface area (Å²) in [7, 11) is 0. The van der Waals surface area contributed by atoms with Gasteiger partial charge in [-0.1, -0.05) is 27.7 Å². The Morgan fingerprint density at radius 1 is 1.04 bits per heavy atom. The molecule has 3 heteroatoms. The maximum Gasteiger partial charge on any atom is 0.123 e. The van der Waals surface area contributed by atoms with E-state index in [1.165, 1.54) is 18.9 Å². The fourth-order valence-electron chi connectivity index (χ4n) is 6.91. The van der Waals surface area contributed by atoms with Crippen LogP contribution in [0, 0.1) is 22.7 Å². The maximum absolute atomic E-state index is 10.6. The largest absolute Gasteiger partial charge is 0.508 e. The van der Waals surface area contributed by atoms with Gasteiger partial charge in [0.2, 0.25) is 0 Å². The van der Waals surface area contributed by atoms with Gasteiger partial charge in [0.15, 0.2) is 0 Å². The number of aromatic hydroxyl groups is 2. The molecule has 0 amide bonds. The predicted octanol–water partition coefficient (Wildman–Crippen LogP) is 3.96.